The molecule has 0 radical (unpaired) electrons. The molecule has 0 amide bonds. The van der Waals surface area contributed by atoms with Crippen molar-refractivity contribution >= 4 is 5.95 Å². The van der Waals surface area contributed by atoms with Crippen molar-refractivity contribution < 1.29 is 0 Å². The van der Waals surface area contributed by atoms with Gasteiger partial charge in [-0.1, -0.05) is 19.9 Å². The van der Waals surface area contributed by atoms with Crippen LogP contribution >= 0.6 is 0 Å². The van der Waals surface area contributed by atoms with Crippen LogP contribution in [-0.2, 0) is 0 Å². The number of rotatable bonds is 4. The maximum absolute atomic E-state index is 4.97. The predicted molar refractivity (Wildman–Crippen MR) is 102 cm³/mol. The molecule has 4 rings (SSSR count). The summed E-state index contributed by atoms with van der Waals surface area (Å²) < 4.78 is 2.09. The lowest BCUT2D eigenvalue weighted by Crippen LogP contribution is -2.35. The van der Waals surface area contributed by atoms with Crippen LogP contribution in [0.1, 0.15) is 50.0 Å². The fourth-order valence-corrected chi connectivity index (χ4v) is 3.59. The van der Waals surface area contributed by atoms with Gasteiger partial charge in [0.05, 0.1) is 0 Å². The van der Waals surface area contributed by atoms with E-state index in [1.807, 2.05) is 18.5 Å². The van der Waals surface area contributed by atoms with Gasteiger partial charge in [-0.2, -0.15) is 0 Å². The Morgan fingerprint density at radius 3 is 2.69 bits per heavy atom. The molecule has 1 fully saturated rings. The standard InChI is InChI=1S/C20H24N6/c1-15(2)19-21-11-13-26(19)18-8-3-7-17(24-18)16-6-4-12-25(14-16)20-22-9-5-10-23-20/h3,5,7-11,13,15-16H,4,6,12,14H2,1-2H3. The van der Waals surface area contributed by atoms with Gasteiger partial charge < -0.3 is 4.90 Å². The molecule has 6 nitrogen and oxygen atoms in total. The summed E-state index contributed by atoms with van der Waals surface area (Å²) in [7, 11) is 0. The molecule has 1 aliphatic heterocycles. The molecule has 1 atom stereocenters. The Bertz CT molecular complexity index is 858. The number of anilines is 1. The molecule has 0 bridgehead atoms. The van der Waals surface area contributed by atoms with Crippen molar-refractivity contribution in [1.29, 1.82) is 0 Å². The largest absolute Gasteiger partial charge is 0.340 e. The number of hydrogen-bond donors (Lipinski definition) is 0. The maximum atomic E-state index is 4.97. The third-order valence-electron chi connectivity index (χ3n) is 4.86. The third-order valence-corrected chi connectivity index (χ3v) is 4.86. The van der Waals surface area contributed by atoms with Crippen LogP contribution < -0.4 is 4.90 Å². The normalized spacial score (nSPS) is 17.7. The van der Waals surface area contributed by atoms with Crippen LogP contribution in [-0.4, -0.2) is 37.6 Å². The molecule has 1 aliphatic rings. The maximum Gasteiger partial charge on any atom is 0.225 e. The Morgan fingerprint density at radius 2 is 1.88 bits per heavy atom. The second kappa shape index (κ2) is 7.23. The molecule has 0 aromatic carbocycles. The van der Waals surface area contributed by atoms with Crippen molar-refractivity contribution in [2.45, 2.75) is 38.5 Å². The molecule has 3 aromatic heterocycles. The fraction of sp³-hybridized carbons (Fsp3) is 0.400. The Hall–Kier alpha value is -2.76. The summed E-state index contributed by atoms with van der Waals surface area (Å²) in [5.74, 6) is 3.54. The topological polar surface area (TPSA) is 59.7 Å². The molecular formula is C20H24N6. The van der Waals surface area contributed by atoms with Gasteiger partial charge in [0, 0.05) is 55.4 Å². The first-order chi connectivity index (χ1) is 12.7. The van der Waals surface area contributed by atoms with Crippen molar-refractivity contribution in [3.05, 3.63) is 60.6 Å². The summed E-state index contributed by atoms with van der Waals surface area (Å²) >= 11 is 0. The average molecular weight is 348 g/mol. The van der Waals surface area contributed by atoms with Crippen molar-refractivity contribution in [1.82, 2.24) is 24.5 Å². The van der Waals surface area contributed by atoms with Gasteiger partial charge in [0.1, 0.15) is 11.6 Å². The molecule has 0 aliphatic carbocycles. The zero-order valence-corrected chi connectivity index (χ0v) is 15.3. The highest BCUT2D eigenvalue weighted by Crippen LogP contribution is 2.28. The SMILES string of the molecule is CC(C)c1nccn1-c1cccc(C2CCCN(c3ncccn3)C2)n1. The molecule has 6 heteroatoms. The van der Waals surface area contributed by atoms with Crippen molar-refractivity contribution in [2.24, 2.45) is 0 Å². The van der Waals surface area contributed by atoms with E-state index in [2.05, 4.69) is 56.5 Å². The van der Waals surface area contributed by atoms with Gasteiger partial charge in [-0.15, -0.1) is 0 Å². The van der Waals surface area contributed by atoms with Gasteiger partial charge in [0.15, 0.2) is 0 Å². The lowest BCUT2D eigenvalue weighted by molar-refractivity contribution is 0.494. The monoisotopic (exact) mass is 348 g/mol. The van der Waals surface area contributed by atoms with E-state index in [0.29, 0.717) is 11.8 Å². The van der Waals surface area contributed by atoms with Crippen LogP contribution in [0.2, 0.25) is 0 Å². The van der Waals surface area contributed by atoms with E-state index < -0.39 is 0 Å². The first-order valence-corrected chi connectivity index (χ1v) is 9.25. The third kappa shape index (κ3) is 3.31. The predicted octanol–water partition coefficient (Wildman–Crippen LogP) is 3.56. The van der Waals surface area contributed by atoms with Gasteiger partial charge in [-0.05, 0) is 31.0 Å². The molecule has 0 spiro atoms. The van der Waals surface area contributed by atoms with Crippen LogP contribution in [0.5, 0.6) is 0 Å². The van der Waals surface area contributed by atoms with Crippen LogP contribution in [0.15, 0.2) is 49.1 Å². The van der Waals surface area contributed by atoms with Crippen molar-refractivity contribution in [3.8, 4) is 5.82 Å². The first kappa shape index (κ1) is 16.7. The lowest BCUT2D eigenvalue weighted by atomic mass is 9.94. The highest BCUT2D eigenvalue weighted by atomic mass is 15.3. The van der Waals surface area contributed by atoms with E-state index >= 15 is 0 Å². The van der Waals surface area contributed by atoms with Crippen LogP contribution in [0.3, 0.4) is 0 Å². The van der Waals surface area contributed by atoms with Gasteiger partial charge >= 0.3 is 0 Å². The van der Waals surface area contributed by atoms with E-state index in [-0.39, 0.29) is 0 Å². The highest BCUT2D eigenvalue weighted by Gasteiger charge is 2.24. The summed E-state index contributed by atoms with van der Waals surface area (Å²) in [5, 5.41) is 0. The van der Waals surface area contributed by atoms with Gasteiger partial charge in [0.25, 0.3) is 0 Å². The summed E-state index contributed by atoms with van der Waals surface area (Å²) in [6, 6.07) is 8.14. The number of hydrogen-bond acceptors (Lipinski definition) is 5. The van der Waals surface area contributed by atoms with Crippen LogP contribution in [0.4, 0.5) is 5.95 Å². The molecule has 1 unspecified atom stereocenters. The van der Waals surface area contributed by atoms with E-state index in [1.165, 1.54) is 0 Å². The molecule has 134 valence electrons. The quantitative estimate of drug-likeness (QED) is 0.721. The molecule has 0 N–H and O–H groups in total. The smallest absolute Gasteiger partial charge is 0.225 e. The van der Waals surface area contributed by atoms with E-state index in [4.69, 9.17) is 4.98 Å². The molecule has 26 heavy (non-hydrogen) atoms. The fourth-order valence-electron chi connectivity index (χ4n) is 3.59. The summed E-state index contributed by atoms with van der Waals surface area (Å²) in [4.78, 5) is 20.5. The number of nitrogens with zero attached hydrogens (tertiary/aromatic N) is 6. The highest BCUT2D eigenvalue weighted by molar-refractivity contribution is 5.33. The Kier molecular flexibility index (Phi) is 4.65. The summed E-state index contributed by atoms with van der Waals surface area (Å²) in [5.41, 5.74) is 1.13. The number of pyridine rings is 1. The minimum Gasteiger partial charge on any atom is -0.340 e. The van der Waals surface area contributed by atoms with Gasteiger partial charge in [-0.25, -0.2) is 19.9 Å². The van der Waals surface area contributed by atoms with E-state index in [1.54, 1.807) is 12.4 Å². The Balaban J connectivity index is 1.59. The number of aromatic nitrogens is 5. The molecule has 1 saturated heterocycles. The summed E-state index contributed by atoms with van der Waals surface area (Å²) in [6.07, 6.45) is 9.71. The van der Waals surface area contributed by atoms with Crippen LogP contribution in [0.25, 0.3) is 5.82 Å². The number of piperidine rings is 1. The van der Waals surface area contributed by atoms with Gasteiger partial charge in [0.2, 0.25) is 5.95 Å². The Morgan fingerprint density at radius 1 is 1.04 bits per heavy atom. The lowest BCUT2D eigenvalue weighted by Gasteiger charge is -2.32. The summed E-state index contributed by atoms with van der Waals surface area (Å²) in [6.45, 7) is 6.21. The zero-order valence-electron chi connectivity index (χ0n) is 15.3. The minimum absolute atomic E-state index is 0.357. The second-order valence-corrected chi connectivity index (χ2v) is 7.06. The average Bonchev–Trinajstić information content (AvgIpc) is 3.19. The van der Waals surface area contributed by atoms with E-state index in [0.717, 1.165) is 49.2 Å². The minimum atomic E-state index is 0.357. The van der Waals surface area contributed by atoms with Crippen molar-refractivity contribution in [2.75, 3.05) is 18.0 Å². The zero-order chi connectivity index (χ0) is 17.9. The molecule has 3 aromatic rings. The molecule has 4 heterocycles. The Labute approximate surface area is 154 Å². The second-order valence-electron chi connectivity index (χ2n) is 7.06. The van der Waals surface area contributed by atoms with Crippen LogP contribution in [0, 0.1) is 0 Å². The first-order valence-electron chi connectivity index (χ1n) is 9.25. The van der Waals surface area contributed by atoms with Gasteiger partial charge in [-0.3, -0.25) is 4.57 Å². The van der Waals surface area contributed by atoms with E-state index in [9.17, 15) is 0 Å². The molecular weight excluding hydrogens is 324 g/mol. The van der Waals surface area contributed by atoms with Crippen molar-refractivity contribution in [3.63, 3.8) is 0 Å². The number of imidazole rings is 1. The molecule has 0 saturated carbocycles.